The quantitative estimate of drug-likeness (QED) is 0.918. The van der Waals surface area contributed by atoms with Crippen molar-refractivity contribution in [2.75, 3.05) is 6.61 Å². The smallest absolute Gasteiger partial charge is 0.0847 e. The van der Waals surface area contributed by atoms with Crippen LogP contribution in [0.15, 0.2) is 24.3 Å². The van der Waals surface area contributed by atoms with Crippen molar-refractivity contribution >= 4 is 23.2 Å². The molecular weight excluding hydrogens is 295 g/mol. The number of nitrogens with zero attached hydrogens (tertiary/aromatic N) is 2. The number of hydrogen-bond acceptors (Lipinski definition) is 2. The fourth-order valence-corrected chi connectivity index (χ4v) is 2.69. The van der Waals surface area contributed by atoms with Crippen LogP contribution in [0.2, 0.25) is 10.0 Å². The van der Waals surface area contributed by atoms with Gasteiger partial charge < -0.3 is 5.11 Å². The SMILES string of the molecule is Cc1nn(C)c(CC(CO)Cc2ccc(Cl)cc2)c1Cl. The first kappa shape index (κ1) is 15.4. The Hall–Kier alpha value is -1.03. The number of aryl methyl sites for hydroxylation is 2. The second kappa shape index (κ2) is 6.61. The van der Waals surface area contributed by atoms with Crippen LogP contribution in [0.25, 0.3) is 0 Å². The van der Waals surface area contributed by atoms with E-state index in [-0.39, 0.29) is 12.5 Å². The summed E-state index contributed by atoms with van der Waals surface area (Å²) in [4.78, 5) is 0. The highest BCUT2D eigenvalue weighted by Crippen LogP contribution is 2.24. The Morgan fingerprint density at radius 2 is 1.85 bits per heavy atom. The lowest BCUT2D eigenvalue weighted by molar-refractivity contribution is 0.223. The van der Waals surface area contributed by atoms with Gasteiger partial charge in [-0.25, -0.2) is 0 Å². The third kappa shape index (κ3) is 3.54. The summed E-state index contributed by atoms with van der Waals surface area (Å²) in [5.74, 6) is 0.114. The number of halogens is 2. The molecule has 0 saturated carbocycles. The molecule has 0 aliphatic rings. The maximum atomic E-state index is 9.59. The maximum Gasteiger partial charge on any atom is 0.0847 e. The van der Waals surface area contributed by atoms with Crippen molar-refractivity contribution in [3.63, 3.8) is 0 Å². The molecule has 2 aromatic rings. The Kier molecular flexibility index (Phi) is 5.08. The third-order valence-electron chi connectivity index (χ3n) is 3.44. The molecule has 0 amide bonds. The molecule has 1 heterocycles. The standard InChI is InChI=1S/C15H18Cl2N2O/c1-10-15(17)14(19(2)18-10)8-12(9-20)7-11-3-5-13(16)6-4-11/h3-6,12,20H,7-9H2,1-2H3. The fraction of sp³-hybridized carbons (Fsp3) is 0.400. The van der Waals surface area contributed by atoms with Gasteiger partial charge in [-0.05, 0) is 43.4 Å². The van der Waals surface area contributed by atoms with E-state index >= 15 is 0 Å². The van der Waals surface area contributed by atoms with Crippen LogP contribution in [-0.4, -0.2) is 21.5 Å². The zero-order valence-corrected chi connectivity index (χ0v) is 13.1. The van der Waals surface area contributed by atoms with Crippen molar-refractivity contribution in [3.05, 3.63) is 51.3 Å². The van der Waals surface area contributed by atoms with E-state index in [0.717, 1.165) is 28.4 Å². The summed E-state index contributed by atoms with van der Waals surface area (Å²) in [6, 6.07) is 7.71. The van der Waals surface area contributed by atoms with Crippen LogP contribution in [0.4, 0.5) is 0 Å². The molecule has 1 atom stereocenters. The molecule has 0 spiro atoms. The Bertz CT molecular complexity index is 578. The lowest BCUT2D eigenvalue weighted by Gasteiger charge is -2.15. The maximum absolute atomic E-state index is 9.59. The molecule has 0 aliphatic heterocycles. The van der Waals surface area contributed by atoms with E-state index in [1.54, 1.807) is 4.68 Å². The molecule has 1 N–H and O–H groups in total. The molecule has 5 heteroatoms. The Morgan fingerprint density at radius 3 is 2.35 bits per heavy atom. The molecule has 0 fully saturated rings. The van der Waals surface area contributed by atoms with Gasteiger partial charge >= 0.3 is 0 Å². The van der Waals surface area contributed by atoms with Gasteiger partial charge in [-0.15, -0.1) is 0 Å². The number of aromatic nitrogens is 2. The molecular formula is C15H18Cl2N2O. The minimum absolute atomic E-state index is 0.114. The Labute approximate surface area is 129 Å². The Balaban J connectivity index is 2.11. The van der Waals surface area contributed by atoms with E-state index in [0.29, 0.717) is 11.4 Å². The summed E-state index contributed by atoms with van der Waals surface area (Å²) >= 11 is 12.1. The van der Waals surface area contributed by atoms with Gasteiger partial charge in [0.25, 0.3) is 0 Å². The lowest BCUT2D eigenvalue weighted by Crippen LogP contribution is -2.15. The van der Waals surface area contributed by atoms with E-state index < -0.39 is 0 Å². The Morgan fingerprint density at radius 1 is 1.20 bits per heavy atom. The summed E-state index contributed by atoms with van der Waals surface area (Å²) < 4.78 is 1.79. The molecule has 0 aliphatic carbocycles. The fourth-order valence-electron chi connectivity index (χ4n) is 2.33. The van der Waals surface area contributed by atoms with Gasteiger partial charge in [-0.3, -0.25) is 4.68 Å². The number of aliphatic hydroxyl groups excluding tert-OH is 1. The van der Waals surface area contributed by atoms with E-state index in [1.165, 1.54) is 0 Å². The second-order valence-electron chi connectivity index (χ2n) is 5.05. The van der Waals surface area contributed by atoms with Crippen molar-refractivity contribution in [1.29, 1.82) is 0 Å². The van der Waals surface area contributed by atoms with E-state index in [1.807, 2.05) is 38.2 Å². The topological polar surface area (TPSA) is 38.0 Å². The van der Waals surface area contributed by atoms with Crippen LogP contribution in [0, 0.1) is 12.8 Å². The predicted molar refractivity (Wildman–Crippen MR) is 82.4 cm³/mol. The van der Waals surface area contributed by atoms with Crippen LogP contribution in [0.5, 0.6) is 0 Å². The molecule has 2 rings (SSSR count). The largest absolute Gasteiger partial charge is 0.396 e. The first-order valence-corrected chi connectivity index (χ1v) is 7.30. The molecule has 108 valence electrons. The number of benzene rings is 1. The second-order valence-corrected chi connectivity index (χ2v) is 5.87. The average molecular weight is 313 g/mol. The summed E-state index contributed by atoms with van der Waals surface area (Å²) in [7, 11) is 1.88. The first-order valence-electron chi connectivity index (χ1n) is 6.54. The molecule has 3 nitrogen and oxygen atoms in total. The van der Waals surface area contributed by atoms with Crippen molar-refractivity contribution in [2.24, 2.45) is 13.0 Å². The normalized spacial score (nSPS) is 12.7. The van der Waals surface area contributed by atoms with Gasteiger partial charge in [-0.2, -0.15) is 5.10 Å². The molecule has 1 unspecified atom stereocenters. The summed E-state index contributed by atoms with van der Waals surface area (Å²) in [6.07, 6.45) is 1.49. The highest BCUT2D eigenvalue weighted by molar-refractivity contribution is 6.31. The van der Waals surface area contributed by atoms with Crippen molar-refractivity contribution < 1.29 is 5.11 Å². The summed E-state index contributed by atoms with van der Waals surface area (Å²) in [5.41, 5.74) is 2.95. The molecule has 0 saturated heterocycles. The third-order valence-corrected chi connectivity index (χ3v) is 4.18. The van der Waals surface area contributed by atoms with Gasteiger partial charge in [0, 0.05) is 18.7 Å². The van der Waals surface area contributed by atoms with Crippen LogP contribution in [0.3, 0.4) is 0 Å². The lowest BCUT2D eigenvalue weighted by atomic mass is 9.95. The minimum atomic E-state index is 0.114. The summed E-state index contributed by atoms with van der Waals surface area (Å²) in [5, 5.41) is 15.3. The van der Waals surface area contributed by atoms with Crippen LogP contribution in [0.1, 0.15) is 17.0 Å². The van der Waals surface area contributed by atoms with Crippen LogP contribution in [-0.2, 0) is 19.9 Å². The van der Waals surface area contributed by atoms with Gasteiger partial charge in [0.2, 0.25) is 0 Å². The number of hydrogen-bond donors (Lipinski definition) is 1. The summed E-state index contributed by atoms with van der Waals surface area (Å²) in [6.45, 7) is 2.00. The van der Waals surface area contributed by atoms with E-state index in [4.69, 9.17) is 23.2 Å². The molecule has 1 aromatic heterocycles. The number of aliphatic hydroxyl groups is 1. The van der Waals surface area contributed by atoms with Gasteiger partial charge in [0.05, 0.1) is 16.4 Å². The van der Waals surface area contributed by atoms with Crippen molar-refractivity contribution in [1.82, 2.24) is 9.78 Å². The molecule has 0 bridgehead atoms. The molecule has 20 heavy (non-hydrogen) atoms. The average Bonchev–Trinajstić information content (AvgIpc) is 2.66. The zero-order valence-electron chi connectivity index (χ0n) is 11.6. The van der Waals surface area contributed by atoms with Crippen molar-refractivity contribution in [3.8, 4) is 0 Å². The monoisotopic (exact) mass is 312 g/mol. The first-order chi connectivity index (χ1) is 9.51. The molecule has 1 aromatic carbocycles. The van der Waals surface area contributed by atoms with Gasteiger partial charge in [-0.1, -0.05) is 35.3 Å². The predicted octanol–water partition coefficient (Wildman–Crippen LogP) is 3.43. The van der Waals surface area contributed by atoms with Crippen molar-refractivity contribution in [2.45, 2.75) is 19.8 Å². The van der Waals surface area contributed by atoms with Gasteiger partial charge in [0.15, 0.2) is 0 Å². The van der Waals surface area contributed by atoms with Gasteiger partial charge in [0.1, 0.15) is 0 Å². The van der Waals surface area contributed by atoms with Crippen LogP contribution < -0.4 is 0 Å². The van der Waals surface area contributed by atoms with Crippen LogP contribution >= 0.6 is 23.2 Å². The highest BCUT2D eigenvalue weighted by atomic mass is 35.5. The highest BCUT2D eigenvalue weighted by Gasteiger charge is 2.17. The minimum Gasteiger partial charge on any atom is -0.396 e. The number of rotatable bonds is 5. The van der Waals surface area contributed by atoms with E-state index in [2.05, 4.69) is 5.10 Å². The zero-order chi connectivity index (χ0) is 14.7. The van der Waals surface area contributed by atoms with E-state index in [9.17, 15) is 5.11 Å². The molecule has 0 radical (unpaired) electrons.